The molecule has 5 heteroatoms. The van der Waals surface area contributed by atoms with E-state index in [4.69, 9.17) is 14.2 Å². The lowest BCUT2D eigenvalue weighted by Crippen LogP contribution is -2.06. The lowest BCUT2D eigenvalue weighted by Gasteiger charge is -2.12. The summed E-state index contributed by atoms with van der Waals surface area (Å²) < 4.78 is 29.3. The van der Waals surface area contributed by atoms with Crippen molar-refractivity contribution in [2.24, 2.45) is 0 Å². The Hall–Kier alpha value is -2.56. The first kappa shape index (κ1) is 15.8. The molecule has 0 radical (unpaired) electrons. The van der Waals surface area contributed by atoms with Crippen molar-refractivity contribution in [3.63, 3.8) is 0 Å². The van der Waals surface area contributed by atoms with Crippen LogP contribution in [0.15, 0.2) is 42.5 Å². The molecule has 0 spiro atoms. The zero-order chi connectivity index (χ0) is 15.9. The Bertz CT molecular complexity index is 655. The molecule has 0 aromatic heterocycles. The number of carbonyl (C=O) groups is 1. The lowest BCUT2D eigenvalue weighted by molar-refractivity contribution is 0.0525. The molecule has 0 N–H and O–H groups in total. The highest BCUT2D eigenvalue weighted by molar-refractivity contribution is 5.90. The highest BCUT2D eigenvalue weighted by Crippen LogP contribution is 2.29. The maximum Gasteiger partial charge on any atom is 0.338 e. The summed E-state index contributed by atoms with van der Waals surface area (Å²) in [7, 11) is 1.50. The second kappa shape index (κ2) is 7.45. The van der Waals surface area contributed by atoms with Crippen LogP contribution < -0.4 is 9.47 Å². The first-order valence-electron chi connectivity index (χ1n) is 6.87. The summed E-state index contributed by atoms with van der Waals surface area (Å²) in [6.45, 7) is 2.06. The van der Waals surface area contributed by atoms with Crippen molar-refractivity contribution >= 4 is 5.97 Å². The number of ether oxygens (including phenoxy) is 3. The molecule has 0 heterocycles. The predicted octanol–water partition coefficient (Wildman–Crippen LogP) is 3.59. The van der Waals surface area contributed by atoms with Crippen LogP contribution in [0.25, 0.3) is 0 Å². The predicted molar refractivity (Wildman–Crippen MR) is 79.7 cm³/mol. The third-order valence-corrected chi connectivity index (χ3v) is 3.02. The fourth-order valence-electron chi connectivity index (χ4n) is 1.90. The highest BCUT2D eigenvalue weighted by atomic mass is 19.1. The topological polar surface area (TPSA) is 44.8 Å². The molecule has 0 saturated heterocycles. The van der Waals surface area contributed by atoms with Crippen LogP contribution in [0, 0.1) is 5.82 Å². The van der Waals surface area contributed by atoms with Gasteiger partial charge in [-0.2, -0.15) is 0 Å². The van der Waals surface area contributed by atoms with Crippen LogP contribution in [0.1, 0.15) is 22.8 Å². The van der Waals surface area contributed by atoms with Crippen molar-refractivity contribution in [2.75, 3.05) is 13.7 Å². The molecule has 0 aliphatic rings. The van der Waals surface area contributed by atoms with E-state index in [1.165, 1.54) is 19.2 Å². The van der Waals surface area contributed by atoms with Crippen LogP contribution in [0.5, 0.6) is 11.5 Å². The van der Waals surface area contributed by atoms with Crippen LogP contribution in [0.4, 0.5) is 4.39 Å². The van der Waals surface area contributed by atoms with E-state index < -0.39 is 5.97 Å². The minimum absolute atomic E-state index is 0.0370. The monoisotopic (exact) mass is 304 g/mol. The maximum absolute atomic E-state index is 13.6. The fraction of sp³-hybridized carbons (Fsp3) is 0.235. The Morgan fingerprint density at radius 1 is 1.14 bits per heavy atom. The largest absolute Gasteiger partial charge is 0.493 e. The second-order valence-corrected chi connectivity index (χ2v) is 4.47. The normalized spacial score (nSPS) is 10.1. The van der Waals surface area contributed by atoms with E-state index in [-0.39, 0.29) is 19.0 Å². The van der Waals surface area contributed by atoms with Crippen LogP contribution in [-0.4, -0.2) is 19.7 Å². The highest BCUT2D eigenvalue weighted by Gasteiger charge is 2.12. The van der Waals surface area contributed by atoms with E-state index >= 15 is 0 Å². The SMILES string of the molecule is CCOC(=O)c1ccc(OC)c(OCc2ccccc2F)c1. The molecule has 4 nitrogen and oxygen atoms in total. The van der Waals surface area contributed by atoms with Gasteiger partial charge in [-0.25, -0.2) is 9.18 Å². The second-order valence-electron chi connectivity index (χ2n) is 4.47. The van der Waals surface area contributed by atoms with E-state index in [0.717, 1.165) is 0 Å². The molecule has 0 aliphatic carbocycles. The molecule has 0 saturated carbocycles. The van der Waals surface area contributed by atoms with Gasteiger partial charge < -0.3 is 14.2 Å². The maximum atomic E-state index is 13.6. The molecule has 0 atom stereocenters. The minimum Gasteiger partial charge on any atom is -0.493 e. The van der Waals surface area contributed by atoms with Crippen molar-refractivity contribution in [3.8, 4) is 11.5 Å². The van der Waals surface area contributed by atoms with Gasteiger partial charge in [-0.05, 0) is 31.2 Å². The van der Waals surface area contributed by atoms with Crippen molar-refractivity contribution in [2.45, 2.75) is 13.5 Å². The van der Waals surface area contributed by atoms with Crippen LogP contribution in [0.2, 0.25) is 0 Å². The minimum atomic E-state index is -0.444. The number of esters is 1. The van der Waals surface area contributed by atoms with Crippen molar-refractivity contribution in [3.05, 3.63) is 59.4 Å². The van der Waals surface area contributed by atoms with Crippen molar-refractivity contribution in [1.29, 1.82) is 0 Å². The Morgan fingerprint density at radius 3 is 2.59 bits per heavy atom. The Kier molecular flexibility index (Phi) is 5.36. The van der Waals surface area contributed by atoms with Gasteiger partial charge in [-0.1, -0.05) is 18.2 Å². The standard InChI is InChI=1S/C17H17FO4/c1-3-21-17(19)12-8-9-15(20-2)16(10-12)22-11-13-6-4-5-7-14(13)18/h4-10H,3,11H2,1-2H3. The van der Waals surface area contributed by atoms with Crippen molar-refractivity contribution < 1.29 is 23.4 Å². The van der Waals surface area contributed by atoms with Gasteiger partial charge in [0.2, 0.25) is 0 Å². The average molecular weight is 304 g/mol. The Labute approximate surface area is 128 Å². The molecule has 0 bridgehead atoms. The van der Waals surface area contributed by atoms with Gasteiger partial charge in [-0.15, -0.1) is 0 Å². The zero-order valence-corrected chi connectivity index (χ0v) is 12.5. The van der Waals surface area contributed by atoms with Gasteiger partial charge in [0.15, 0.2) is 11.5 Å². The lowest BCUT2D eigenvalue weighted by atomic mass is 10.2. The number of carbonyl (C=O) groups excluding carboxylic acids is 1. The summed E-state index contributed by atoms with van der Waals surface area (Å²) in [6, 6.07) is 11.1. The molecule has 0 unspecified atom stereocenters. The number of methoxy groups -OCH3 is 1. The Morgan fingerprint density at radius 2 is 1.91 bits per heavy atom. The first-order valence-corrected chi connectivity index (χ1v) is 6.87. The van der Waals surface area contributed by atoms with Gasteiger partial charge >= 0.3 is 5.97 Å². The fourth-order valence-corrected chi connectivity index (χ4v) is 1.90. The van der Waals surface area contributed by atoms with Gasteiger partial charge in [0.05, 0.1) is 19.3 Å². The summed E-state index contributed by atoms with van der Waals surface area (Å²) in [5.74, 6) is 0.0320. The first-order chi connectivity index (χ1) is 10.7. The van der Waals surface area contributed by atoms with Crippen LogP contribution in [-0.2, 0) is 11.3 Å². The number of hydrogen-bond acceptors (Lipinski definition) is 4. The van der Waals surface area contributed by atoms with E-state index in [9.17, 15) is 9.18 Å². The summed E-state index contributed by atoms with van der Waals surface area (Å²) in [4.78, 5) is 11.7. The van der Waals surface area contributed by atoms with Crippen LogP contribution in [0.3, 0.4) is 0 Å². The smallest absolute Gasteiger partial charge is 0.338 e. The van der Waals surface area contributed by atoms with E-state index in [1.807, 2.05) is 0 Å². The van der Waals surface area contributed by atoms with E-state index in [2.05, 4.69) is 0 Å². The number of hydrogen-bond donors (Lipinski definition) is 0. The molecular weight excluding hydrogens is 287 g/mol. The molecule has 2 aromatic carbocycles. The summed E-state index contributed by atoms with van der Waals surface area (Å²) >= 11 is 0. The van der Waals surface area contributed by atoms with Gasteiger partial charge in [0, 0.05) is 5.56 Å². The molecule has 22 heavy (non-hydrogen) atoms. The third kappa shape index (κ3) is 3.75. The number of halogens is 1. The third-order valence-electron chi connectivity index (χ3n) is 3.02. The molecular formula is C17H17FO4. The number of benzene rings is 2. The van der Waals surface area contributed by atoms with Crippen molar-refractivity contribution in [1.82, 2.24) is 0 Å². The quantitative estimate of drug-likeness (QED) is 0.765. The summed E-state index contributed by atoms with van der Waals surface area (Å²) in [5.41, 5.74) is 0.775. The van der Waals surface area contributed by atoms with Gasteiger partial charge in [0.25, 0.3) is 0 Å². The summed E-state index contributed by atoms with van der Waals surface area (Å²) in [6.07, 6.45) is 0. The van der Waals surface area contributed by atoms with E-state index in [1.54, 1.807) is 37.3 Å². The van der Waals surface area contributed by atoms with Gasteiger partial charge in [-0.3, -0.25) is 0 Å². The molecule has 116 valence electrons. The van der Waals surface area contributed by atoms with Crippen LogP contribution >= 0.6 is 0 Å². The van der Waals surface area contributed by atoms with Gasteiger partial charge in [0.1, 0.15) is 12.4 Å². The zero-order valence-electron chi connectivity index (χ0n) is 12.5. The molecule has 0 amide bonds. The number of rotatable bonds is 6. The molecule has 0 fully saturated rings. The molecule has 0 aliphatic heterocycles. The summed E-state index contributed by atoms with van der Waals surface area (Å²) in [5, 5.41) is 0. The Balaban J connectivity index is 2.19. The molecule has 2 rings (SSSR count). The average Bonchev–Trinajstić information content (AvgIpc) is 2.54. The van der Waals surface area contributed by atoms with E-state index in [0.29, 0.717) is 22.6 Å². The molecule has 2 aromatic rings.